The maximum Gasteiger partial charge on any atom is 0.255 e. The maximum absolute atomic E-state index is 13.1. The summed E-state index contributed by atoms with van der Waals surface area (Å²) in [7, 11) is 0. The Morgan fingerprint density at radius 1 is 0.897 bits per heavy atom. The predicted molar refractivity (Wildman–Crippen MR) is 155 cm³/mol. The highest BCUT2D eigenvalue weighted by Crippen LogP contribution is 2.37. The molecule has 0 radical (unpaired) electrons. The molecular weight excluding hydrogens is 510 g/mol. The Balaban J connectivity index is 1.36. The largest absolute Gasteiger partial charge is 0.494 e. The number of benzene rings is 3. The predicted octanol–water partition coefficient (Wildman–Crippen LogP) is 6.10. The molecule has 1 saturated heterocycles. The van der Waals surface area contributed by atoms with Gasteiger partial charge in [0.1, 0.15) is 17.9 Å². The van der Waals surface area contributed by atoms with Crippen molar-refractivity contribution >= 4 is 34.4 Å². The van der Waals surface area contributed by atoms with Crippen molar-refractivity contribution in [1.82, 2.24) is 19.4 Å². The lowest BCUT2D eigenvalue weighted by atomic mass is 10.1. The summed E-state index contributed by atoms with van der Waals surface area (Å²) in [6.07, 6.45) is 3.75. The zero-order chi connectivity index (χ0) is 26.8. The number of aromatic nitrogens is 3. The molecule has 0 N–H and O–H groups in total. The van der Waals surface area contributed by atoms with Crippen LogP contribution in [0.2, 0.25) is 5.02 Å². The van der Waals surface area contributed by atoms with E-state index in [-0.39, 0.29) is 5.91 Å². The van der Waals surface area contributed by atoms with Crippen molar-refractivity contribution in [3.8, 4) is 22.6 Å². The Hall–Kier alpha value is -4.36. The standard InChI is InChI=1S/C31H28ClN5O2/c1-2-39-24-14-12-23(13-15-24)37-20-26(22-8-4-3-5-9-22)28-29(33-21-34-30(28)37)35-16-18-36(19-17-35)31(38)25-10-6-7-11-27(25)32/h3-15,20-21H,2,16-19H2,1H3. The first-order valence-corrected chi connectivity index (χ1v) is 13.5. The first-order valence-electron chi connectivity index (χ1n) is 13.1. The van der Waals surface area contributed by atoms with Crippen LogP contribution in [0.3, 0.4) is 0 Å². The van der Waals surface area contributed by atoms with Gasteiger partial charge in [0.25, 0.3) is 5.91 Å². The summed E-state index contributed by atoms with van der Waals surface area (Å²) in [5.74, 6) is 1.66. The summed E-state index contributed by atoms with van der Waals surface area (Å²) < 4.78 is 7.75. The van der Waals surface area contributed by atoms with Gasteiger partial charge in [-0.2, -0.15) is 0 Å². The van der Waals surface area contributed by atoms with Crippen LogP contribution in [-0.4, -0.2) is 58.1 Å². The van der Waals surface area contributed by atoms with E-state index in [9.17, 15) is 4.79 Å². The van der Waals surface area contributed by atoms with Crippen LogP contribution >= 0.6 is 11.6 Å². The van der Waals surface area contributed by atoms with Crippen molar-refractivity contribution in [2.45, 2.75) is 6.92 Å². The third kappa shape index (κ3) is 4.81. The zero-order valence-electron chi connectivity index (χ0n) is 21.6. The third-order valence-corrected chi connectivity index (χ3v) is 7.37. The van der Waals surface area contributed by atoms with Crippen LogP contribution in [0.25, 0.3) is 27.8 Å². The molecule has 0 unspecified atom stereocenters. The van der Waals surface area contributed by atoms with Crippen molar-refractivity contribution in [2.24, 2.45) is 0 Å². The minimum Gasteiger partial charge on any atom is -0.494 e. The van der Waals surface area contributed by atoms with E-state index in [1.807, 2.05) is 66.4 Å². The summed E-state index contributed by atoms with van der Waals surface area (Å²) in [6.45, 7) is 5.07. The molecule has 0 bridgehead atoms. The highest BCUT2D eigenvalue weighted by Gasteiger charge is 2.27. The topological polar surface area (TPSA) is 63.5 Å². The number of amides is 1. The zero-order valence-corrected chi connectivity index (χ0v) is 22.4. The van der Waals surface area contributed by atoms with Crippen LogP contribution in [0.5, 0.6) is 5.75 Å². The molecule has 3 heterocycles. The fraction of sp³-hybridized carbons (Fsp3) is 0.194. The highest BCUT2D eigenvalue weighted by atomic mass is 35.5. The summed E-state index contributed by atoms with van der Waals surface area (Å²) in [5.41, 5.74) is 4.51. The number of hydrogen-bond donors (Lipinski definition) is 0. The molecule has 7 nitrogen and oxygen atoms in total. The molecule has 39 heavy (non-hydrogen) atoms. The Bertz CT molecular complexity index is 1610. The van der Waals surface area contributed by atoms with Gasteiger partial charge in [-0.15, -0.1) is 0 Å². The quantitative estimate of drug-likeness (QED) is 0.262. The van der Waals surface area contributed by atoms with Gasteiger partial charge in [-0.25, -0.2) is 9.97 Å². The average Bonchev–Trinajstić information content (AvgIpc) is 3.38. The number of rotatable bonds is 6. The number of anilines is 1. The lowest BCUT2D eigenvalue weighted by Gasteiger charge is -2.35. The van der Waals surface area contributed by atoms with Gasteiger partial charge < -0.3 is 19.1 Å². The average molecular weight is 538 g/mol. The van der Waals surface area contributed by atoms with Gasteiger partial charge in [-0.3, -0.25) is 4.79 Å². The van der Waals surface area contributed by atoms with E-state index in [1.54, 1.807) is 18.5 Å². The number of ether oxygens (including phenoxy) is 1. The van der Waals surface area contributed by atoms with Crippen LogP contribution in [0, 0.1) is 0 Å². The van der Waals surface area contributed by atoms with Crippen molar-refractivity contribution in [2.75, 3.05) is 37.7 Å². The molecular formula is C31H28ClN5O2. The lowest BCUT2D eigenvalue weighted by molar-refractivity contribution is 0.0747. The fourth-order valence-electron chi connectivity index (χ4n) is 5.11. The van der Waals surface area contributed by atoms with E-state index in [4.69, 9.17) is 26.3 Å². The van der Waals surface area contributed by atoms with E-state index in [0.29, 0.717) is 43.4 Å². The molecule has 1 amide bonds. The molecule has 0 saturated carbocycles. The SMILES string of the molecule is CCOc1ccc(-n2cc(-c3ccccc3)c3c(N4CCN(C(=O)c5ccccc5Cl)CC4)ncnc32)cc1. The number of nitrogens with zero attached hydrogens (tertiary/aromatic N) is 5. The van der Waals surface area contributed by atoms with Crippen LogP contribution in [0.15, 0.2) is 91.4 Å². The molecule has 3 aromatic carbocycles. The minimum atomic E-state index is -0.0419. The van der Waals surface area contributed by atoms with Gasteiger partial charge in [-0.1, -0.05) is 54.1 Å². The molecule has 1 fully saturated rings. The first-order chi connectivity index (χ1) is 19.1. The van der Waals surface area contributed by atoms with Gasteiger partial charge >= 0.3 is 0 Å². The van der Waals surface area contributed by atoms with E-state index in [1.165, 1.54) is 0 Å². The second kappa shape index (κ2) is 10.8. The van der Waals surface area contributed by atoms with Crippen molar-refractivity contribution in [3.63, 3.8) is 0 Å². The van der Waals surface area contributed by atoms with Crippen molar-refractivity contribution in [1.29, 1.82) is 0 Å². The number of hydrogen-bond acceptors (Lipinski definition) is 5. The maximum atomic E-state index is 13.1. The van der Waals surface area contributed by atoms with Crippen molar-refractivity contribution in [3.05, 3.63) is 102 Å². The normalized spacial score (nSPS) is 13.6. The molecule has 1 aliphatic heterocycles. The number of carbonyl (C=O) groups excluding carboxylic acids is 1. The van der Waals surface area contributed by atoms with Gasteiger partial charge in [0.05, 0.1) is 22.6 Å². The third-order valence-electron chi connectivity index (χ3n) is 7.04. The summed E-state index contributed by atoms with van der Waals surface area (Å²) in [4.78, 5) is 26.7. The number of halogens is 1. The van der Waals surface area contributed by atoms with Crippen molar-refractivity contribution < 1.29 is 9.53 Å². The molecule has 0 aliphatic carbocycles. The number of fused-ring (bicyclic) bond motifs is 1. The highest BCUT2D eigenvalue weighted by molar-refractivity contribution is 6.33. The monoisotopic (exact) mass is 537 g/mol. The molecule has 8 heteroatoms. The lowest BCUT2D eigenvalue weighted by Crippen LogP contribution is -2.49. The summed E-state index contributed by atoms with van der Waals surface area (Å²) >= 11 is 6.30. The molecule has 196 valence electrons. The van der Waals surface area contributed by atoms with Crippen LogP contribution in [0.4, 0.5) is 5.82 Å². The molecule has 2 aromatic heterocycles. The van der Waals surface area contributed by atoms with Crippen LogP contribution in [-0.2, 0) is 0 Å². The van der Waals surface area contributed by atoms with Gasteiger partial charge in [-0.05, 0) is 48.9 Å². The second-order valence-electron chi connectivity index (χ2n) is 9.36. The van der Waals surface area contributed by atoms with E-state index >= 15 is 0 Å². The van der Waals surface area contributed by atoms with Gasteiger partial charge in [0.15, 0.2) is 5.65 Å². The number of carbonyl (C=O) groups is 1. The molecule has 5 aromatic rings. The molecule has 1 aliphatic rings. The molecule has 6 rings (SSSR count). The summed E-state index contributed by atoms with van der Waals surface area (Å²) in [6, 6.07) is 25.5. The Morgan fingerprint density at radius 3 is 2.33 bits per heavy atom. The molecule has 0 spiro atoms. The summed E-state index contributed by atoms with van der Waals surface area (Å²) in [5, 5.41) is 1.47. The van der Waals surface area contributed by atoms with Gasteiger partial charge in [0, 0.05) is 43.6 Å². The van der Waals surface area contributed by atoms with Crippen LogP contribution in [0.1, 0.15) is 17.3 Å². The van der Waals surface area contributed by atoms with Crippen LogP contribution < -0.4 is 9.64 Å². The minimum absolute atomic E-state index is 0.0419. The Labute approximate surface area is 232 Å². The van der Waals surface area contributed by atoms with Gasteiger partial charge in [0.2, 0.25) is 0 Å². The fourth-order valence-corrected chi connectivity index (χ4v) is 5.33. The smallest absolute Gasteiger partial charge is 0.255 e. The second-order valence-corrected chi connectivity index (χ2v) is 9.77. The number of piperazine rings is 1. The van der Waals surface area contributed by atoms with E-state index < -0.39 is 0 Å². The first kappa shape index (κ1) is 24.9. The van der Waals surface area contributed by atoms with E-state index in [0.717, 1.165) is 39.4 Å². The molecule has 0 atom stereocenters. The Morgan fingerprint density at radius 2 is 1.62 bits per heavy atom. The van der Waals surface area contributed by atoms with E-state index in [2.05, 4.69) is 27.8 Å². The Kier molecular flexibility index (Phi) is 6.90.